The molecule has 1 aliphatic carbocycles. The molecule has 70 valence electrons. The van der Waals surface area contributed by atoms with Crippen molar-refractivity contribution in [2.24, 2.45) is 0 Å². The van der Waals surface area contributed by atoms with Crippen LogP contribution in [-0.4, -0.2) is 33.9 Å². The molecule has 2 amide bonds. The summed E-state index contributed by atoms with van der Waals surface area (Å²) in [4.78, 5) is 22.5. The summed E-state index contributed by atoms with van der Waals surface area (Å²) in [6.45, 7) is 2.98. The molecule has 1 fully saturated rings. The van der Waals surface area contributed by atoms with Crippen LogP contribution in [0.15, 0.2) is 12.2 Å². The van der Waals surface area contributed by atoms with E-state index >= 15 is 0 Å². The van der Waals surface area contributed by atoms with Crippen LogP contribution < -0.4 is 0 Å². The summed E-state index contributed by atoms with van der Waals surface area (Å²) in [6, 6.07) is 0.206. The van der Waals surface area contributed by atoms with Gasteiger partial charge in [0.05, 0.1) is 12.1 Å². The zero-order valence-electron chi connectivity index (χ0n) is 7.73. The van der Waals surface area contributed by atoms with E-state index < -0.39 is 0 Å². The Hall–Kier alpha value is -1.32. The Morgan fingerprint density at radius 2 is 1.46 bits per heavy atom. The fourth-order valence-corrected chi connectivity index (χ4v) is 2.11. The predicted octanol–water partition coefficient (Wildman–Crippen LogP) is 0.309. The monoisotopic (exact) mass is 180 g/mol. The van der Waals surface area contributed by atoms with Crippen molar-refractivity contribution in [2.75, 3.05) is 0 Å². The van der Waals surface area contributed by atoms with Crippen molar-refractivity contribution < 1.29 is 9.59 Å². The molecule has 2 unspecified atom stereocenters. The summed E-state index contributed by atoms with van der Waals surface area (Å²) < 4.78 is 0. The molecule has 4 nitrogen and oxygen atoms in total. The lowest BCUT2D eigenvalue weighted by molar-refractivity contribution is -0.159. The quantitative estimate of drug-likeness (QED) is 0.503. The van der Waals surface area contributed by atoms with Crippen LogP contribution in [0.2, 0.25) is 0 Å². The van der Waals surface area contributed by atoms with Crippen LogP contribution in [0.4, 0.5) is 0 Å². The standard InChI is InChI=1S/C9H12N2O2/c1-6(12)10-8-3-4-9(5-8)11(10)7(2)13/h3-4,8-9H,5H2,1-2H3. The lowest BCUT2D eigenvalue weighted by Gasteiger charge is -2.33. The van der Waals surface area contributed by atoms with E-state index in [0.717, 1.165) is 6.42 Å². The molecular formula is C9H12N2O2. The summed E-state index contributed by atoms with van der Waals surface area (Å²) in [5.74, 6) is -0.126. The van der Waals surface area contributed by atoms with E-state index in [9.17, 15) is 9.59 Å². The number of hydrogen-bond acceptors (Lipinski definition) is 2. The molecule has 1 aliphatic heterocycles. The molecule has 0 aromatic carbocycles. The van der Waals surface area contributed by atoms with E-state index in [4.69, 9.17) is 0 Å². The fourth-order valence-electron chi connectivity index (χ4n) is 2.11. The number of rotatable bonds is 0. The highest BCUT2D eigenvalue weighted by Crippen LogP contribution is 2.32. The molecule has 0 N–H and O–H groups in total. The Bertz CT molecular complexity index is 270. The molecule has 0 spiro atoms. The molecule has 1 saturated heterocycles. The maximum Gasteiger partial charge on any atom is 0.238 e. The van der Waals surface area contributed by atoms with Gasteiger partial charge in [-0.25, -0.2) is 10.0 Å². The molecule has 0 saturated carbocycles. The molecule has 4 heteroatoms. The topological polar surface area (TPSA) is 40.6 Å². The summed E-state index contributed by atoms with van der Waals surface area (Å²) >= 11 is 0. The molecule has 2 rings (SSSR count). The minimum Gasteiger partial charge on any atom is -0.273 e. The summed E-state index contributed by atoms with van der Waals surface area (Å²) in [7, 11) is 0. The number of fused-ring (bicyclic) bond motifs is 2. The third-order valence-electron chi connectivity index (χ3n) is 2.54. The van der Waals surface area contributed by atoms with E-state index in [2.05, 4.69) is 0 Å². The van der Waals surface area contributed by atoms with Gasteiger partial charge >= 0.3 is 0 Å². The van der Waals surface area contributed by atoms with Gasteiger partial charge in [-0.05, 0) is 6.42 Å². The van der Waals surface area contributed by atoms with E-state index in [1.165, 1.54) is 13.8 Å². The lowest BCUT2D eigenvalue weighted by atomic mass is 10.2. The largest absolute Gasteiger partial charge is 0.273 e. The Morgan fingerprint density at radius 3 is 1.77 bits per heavy atom. The number of amides is 2. The van der Waals surface area contributed by atoms with Crippen molar-refractivity contribution in [1.82, 2.24) is 10.0 Å². The number of carbonyl (C=O) groups is 2. The van der Waals surface area contributed by atoms with Gasteiger partial charge in [0.25, 0.3) is 0 Å². The maximum absolute atomic E-state index is 11.2. The fraction of sp³-hybridized carbons (Fsp3) is 0.556. The second-order valence-electron chi connectivity index (χ2n) is 3.48. The normalized spacial score (nSPS) is 30.0. The molecule has 1 heterocycles. The maximum atomic E-state index is 11.2. The van der Waals surface area contributed by atoms with E-state index in [0.29, 0.717) is 0 Å². The van der Waals surface area contributed by atoms with Crippen LogP contribution in [0.1, 0.15) is 20.3 Å². The van der Waals surface area contributed by atoms with Gasteiger partial charge in [0, 0.05) is 13.8 Å². The van der Waals surface area contributed by atoms with Gasteiger partial charge in [-0.3, -0.25) is 9.59 Å². The molecule has 2 aliphatic rings. The highest BCUT2D eigenvalue weighted by Gasteiger charge is 2.43. The average molecular weight is 180 g/mol. The zero-order chi connectivity index (χ0) is 9.59. The number of nitrogens with zero attached hydrogens (tertiary/aromatic N) is 2. The third kappa shape index (κ3) is 1.05. The second-order valence-corrected chi connectivity index (χ2v) is 3.48. The van der Waals surface area contributed by atoms with Gasteiger partial charge in [-0.1, -0.05) is 12.2 Å². The zero-order valence-corrected chi connectivity index (χ0v) is 7.73. The van der Waals surface area contributed by atoms with Gasteiger partial charge in [0.15, 0.2) is 0 Å². The Kier molecular flexibility index (Phi) is 1.65. The van der Waals surface area contributed by atoms with Gasteiger partial charge in [-0.2, -0.15) is 0 Å². The smallest absolute Gasteiger partial charge is 0.238 e. The van der Waals surface area contributed by atoms with Crippen molar-refractivity contribution in [1.29, 1.82) is 0 Å². The highest BCUT2D eigenvalue weighted by atomic mass is 16.2. The Balaban J connectivity index is 2.30. The molecule has 0 radical (unpaired) electrons. The molecule has 13 heavy (non-hydrogen) atoms. The van der Waals surface area contributed by atoms with Gasteiger partial charge in [0.2, 0.25) is 11.8 Å². The third-order valence-corrected chi connectivity index (χ3v) is 2.54. The van der Waals surface area contributed by atoms with E-state index in [1.807, 2.05) is 12.2 Å². The van der Waals surface area contributed by atoms with Crippen LogP contribution in [0.5, 0.6) is 0 Å². The summed E-state index contributed by atoms with van der Waals surface area (Å²) in [6.07, 6.45) is 4.84. The van der Waals surface area contributed by atoms with Crippen LogP contribution >= 0.6 is 0 Å². The predicted molar refractivity (Wildman–Crippen MR) is 46.4 cm³/mol. The first-order valence-electron chi connectivity index (χ1n) is 4.39. The number of carbonyl (C=O) groups excluding carboxylic acids is 2. The average Bonchev–Trinajstić information content (AvgIpc) is 2.60. The van der Waals surface area contributed by atoms with Gasteiger partial charge < -0.3 is 0 Å². The SMILES string of the molecule is CC(=O)N1C2C=CC(C2)N1C(C)=O. The second kappa shape index (κ2) is 2.58. The molecule has 0 aromatic rings. The first kappa shape index (κ1) is 8.29. The Labute approximate surface area is 76.8 Å². The number of hydrazine groups is 1. The van der Waals surface area contributed by atoms with Crippen molar-refractivity contribution >= 4 is 11.8 Å². The van der Waals surface area contributed by atoms with Crippen LogP contribution in [0.3, 0.4) is 0 Å². The van der Waals surface area contributed by atoms with Gasteiger partial charge in [0.1, 0.15) is 0 Å². The lowest BCUT2D eigenvalue weighted by Crippen LogP contribution is -2.50. The summed E-state index contributed by atoms with van der Waals surface area (Å²) in [5.41, 5.74) is 0. The molecule has 2 bridgehead atoms. The van der Waals surface area contributed by atoms with Crippen LogP contribution in [-0.2, 0) is 9.59 Å². The molecule has 0 aromatic heterocycles. The van der Waals surface area contributed by atoms with Crippen molar-refractivity contribution in [3.05, 3.63) is 12.2 Å². The van der Waals surface area contributed by atoms with Crippen molar-refractivity contribution in [3.63, 3.8) is 0 Å². The highest BCUT2D eigenvalue weighted by molar-refractivity contribution is 5.81. The minimum atomic E-state index is -0.0629. The first-order valence-corrected chi connectivity index (χ1v) is 4.39. The van der Waals surface area contributed by atoms with E-state index in [-0.39, 0.29) is 23.9 Å². The van der Waals surface area contributed by atoms with Crippen molar-refractivity contribution in [2.45, 2.75) is 32.4 Å². The van der Waals surface area contributed by atoms with E-state index in [1.54, 1.807) is 10.0 Å². The molecular weight excluding hydrogens is 168 g/mol. The van der Waals surface area contributed by atoms with Crippen LogP contribution in [0.25, 0.3) is 0 Å². The first-order chi connectivity index (χ1) is 6.11. The molecule has 2 atom stereocenters. The number of hydrogen-bond donors (Lipinski definition) is 0. The Morgan fingerprint density at radius 1 is 1.08 bits per heavy atom. The summed E-state index contributed by atoms with van der Waals surface area (Å²) in [5, 5.41) is 3.10. The van der Waals surface area contributed by atoms with Crippen LogP contribution in [0, 0.1) is 0 Å². The van der Waals surface area contributed by atoms with Crippen molar-refractivity contribution in [3.8, 4) is 0 Å². The van der Waals surface area contributed by atoms with Gasteiger partial charge in [-0.15, -0.1) is 0 Å². The minimum absolute atomic E-state index is 0.0629.